The molecular weight excluding hydrogens is 330 g/mol. The lowest BCUT2D eigenvalue weighted by Gasteiger charge is -2.14. The van der Waals surface area contributed by atoms with Gasteiger partial charge in [0, 0.05) is 28.2 Å². The third-order valence-electron chi connectivity index (χ3n) is 3.18. The standard InChI is InChI=1S/C17H20BrNO2/c1-3-19-11-13-8-9-15(20-2)10-17(13)21-12-14-6-4-5-7-16(14)18/h4-10,19H,3,11-12H2,1-2H3. The molecule has 0 heterocycles. The monoisotopic (exact) mass is 349 g/mol. The summed E-state index contributed by atoms with van der Waals surface area (Å²) >= 11 is 3.54. The Kier molecular flexibility index (Phi) is 6.08. The predicted molar refractivity (Wildman–Crippen MR) is 88.8 cm³/mol. The van der Waals surface area contributed by atoms with Gasteiger partial charge >= 0.3 is 0 Å². The van der Waals surface area contributed by atoms with Gasteiger partial charge in [-0.05, 0) is 18.7 Å². The van der Waals surface area contributed by atoms with Gasteiger partial charge in [0.15, 0.2) is 0 Å². The molecule has 0 spiro atoms. The number of nitrogens with one attached hydrogen (secondary N) is 1. The lowest BCUT2D eigenvalue weighted by Crippen LogP contribution is -2.13. The Morgan fingerprint density at radius 2 is 1.90 bits per heavy atom. The van der Waals surface area contributed by atoms with Crippen molar-refractivity contribution >= 4 is 15.9 Å². The Labute approximate surface area is 134 Å². The summed E-state index contributed by atoms with van der Waals surface area (Å²) in [5, 5.41) is 3.32. The Bertz CT molecular complexity index is 587. The highest BCUT2D eigenvalue weighted by Crippen LogP contribution is 2.26. The van der Waals surface area contributed by atoms with Crippen LogP contribution in [-0.4, -0.2) is 13.7 Å². The minimum atomic E-state index is 0.522. The highest BCUT2D eigenvalue weighted by molar-refractivity contribution is 9.10. The zero-order valence-corrected chi connectivity index (χ0v) is 13.9. The highest BCUT2D eigenvalue weighted by atomic mass is 79.9. The minimum absolute atomic E-state index is 0.522. The molecule has 0 radical (unpaired) electrons. The summed E-state index contributed by atoms with van der Waals surface area (Å²) < 4.78 is 12.3. The molecule has 0 saturated heterocycles. The molecule has 1 N–H and O–H groups in total. The molecule has 0 atom stereocenters. The summed E-state index contributed by atoms with van der Waals surface area (Å²) in [6, 6.07) is 14.0. The molecule has 2 aromatic rings. The first-order valence-electron chi connectivity index (χ1n) is 6.98. The molecule has 21 heavy (non-hydrogen) atoms. The summed E-state index contributed by atoms with van der Waals surface area (Å²) in [6.45, 7) is 4.32. The second-order valence-electron chi connectivity index (χ2n) is 4.63. The van der Waals surface area contributed by atoms with Crippen molar-refractivity contribution in [2.75, 3.05) is 13.7 Å². The molecule has 0 aromatic heterocycles. The van der Waals surface area contributed by atoms with Gasteiger partial charge in [-0.25, -0.2) is 0 Å². The molecule has 0 aliphatic heterocycles. The molecule has 0 fully saturated rings. The van der Waals surface area contributed by atoms with Crippen molar-refractivity contribution in [2.45, 2.75) is 20.1 Å². The molecule has 4 heteroatoms. The van der Waals surface area contributed by atoms with Crippen molar-refractivity contribution in [2.24, 2.45) is 0 Å². The first-order valence-corrected chi connectivity index (χ1v) is 7.77. The fourth-order valence-corrected chi connectivity index (χ4v) is 2.37. The first-order chi connectivity index (χ1) is 10.2. The van der Waals surface area contributed by atoms with Crippen molar-refractivity contribution in [1.29, 1.82) is 0 Å². The van der Waals surface area contributed by atoms with E-state index >= 15 is 0 Å². The summed E-state index contributed by atoms with van der Waals surface area (Å²) in [5.41, 5.74) is 2.25. The predicted octanol–water partition coefficient (Wildman–Crippen LogP) is 4.15. The third kappa shape index (κ3) is 4.48. The average Bonchev–Trinajstić information content (AvgIpc) is 2.52. The van der Waals surface area contributed by atoms with Gasteiger partial charge in [-0.3, -0.25) is 0 Å². The van der Waals surface area contributed by atoms with Gasteiger partial charge in [0.2, 0.25) is 0 Å². The van der Waals surface area contributed by atoms with E-state index in [1.807, 2.05) is 42.5 Å². The van der Waals surface area contributed by atoms with Gasteiger partial charge in [-0.2, -0.15) is 0 Å². The van der Waals surface area contributed by atoms with Crippen LogP contribution in [0.1, 0.15) is 18.1 Å². The van der Waals surface area contributed by atoms with Crippen LogP contribution >= 0.6 is 15.9 Å². The molecule has 0 amide bonds. The van der Waals surface area contributed by atoms with E-state index in [1.165, 1.54) is 0 Å². The van der Waals surface area contributed by atoms with Gasteiger partial charge in [-0.1, -0.05) is 47.1 Å². The second-order valence-corrected chi connectivity index (χ2v) is 5.49. The molecule has 2 aromatic carbocycles. The van der Waals surface area contributed by atoms with Crippen LogP contribution in [0.25, 0.3) is 0 Å². The van der Waals surface area contributed by atoms with Crippen molar-refractivity contribution in [1.82, 2.24) is 5.32 Å². The fourth-order valence-electron chi connectivity index (χ4n) is 1.97. The van der Waals surface area contributed by atoms with E-state index in [0.717, 1.165) is 40.2 Å². The Balaban J connectivity index is 2.14. The molecule has 0 aliphatic rings. The van der Waals surface area contributed by atoms with E-state index in [-0.39, 0.29) is 0 Å². The average molecular weight is 350 g/mol. The molecular formula is C17H20BrNO2. The van der Waals surface area contributed by atoms with E-state index in [1.54, 1.807) is 7.11 Å². The SMILES string of the molecule is CCNCc1ccc(OC)cc1OCc1ccccc1Br. The first kappa shape index (κ1) is 15.9. The van der Waals surface area contributed by atoms with Crippen molar-refractivity contribution in [3.05, 3.63) is 58.1 Å². The minimum Gasteiger partial charge on any atom is -0.497 e. The van der Waals surface area contributed by atoms with Gasteiger partial charge in [0.05, 0.1) is 7.11 Å². The topological polar surface area (TPSA) is 30.5 Å². The molecule has 0 bridgehead atoms. The smallest absolute Gasteiger partial charge is 0.127 e. The van der Waals surface area contributed by atoms with E-state index < -0.39 is 0 Å². The normalized spacial score (nSPS) is 10.4. The van der Waals surface area contributed by atoms with Gasteiger partial charge in [0.1, 0.15) is 18.1 Å². The fraction of sp³-hybridized carbons (Fsp3) is 0.294. The zero-order valence-electron chi connectivity index (χ0n) is 12.4. The number of rotatable bonds is 7. The maximum Gasteiger partial charge on any atom is 0.127 e. The number of ether oxygens (including phenoxy) is 2. The van der Waals surface area contributed by atoms with Gasteiger partial charge in [-0.15, -0.1) is 0 Å². The number of hydrogen-bond donors (Lipinski definition) is 1. The number of benzene rings is 2. The molecule has 0 aliphatic carbocycles. The van der Waals surface area contributed by atoms with Gasteiger partial charge < -0.3 is 14.8 Å². The van der Waals surface area contributed by atoms with E-state index in [4.69, 9.17) is 9.47 Å². The number of hydrogen-bond acceptors (Lipinski definition) is 3. The van der Waals surface area contributed by atoms with Crippen LogP contribution in [-0.2, 0) is 13.2 Å². The molecule has 3 nitrogen and oxygen atoms in total. The quantitative estimate of drug-likeness (QED) is 0.814. The lowest BCUT2D eigenvalue weighted by atomic mass is 10.2. The lowest BCUT2D eigenvalue weighted by molar-refractivity contribution is 0.299. The molecule has 2 rings (SSSR count). The van der Waals surface area contributed by atoms with Crippen molar-refractivity contribution in [3.8, 4) is 11.5 Å². The van der Waals surface area contributed by atoms with Crippen LogP contribution in [0.2, 0.25) is 0 Å². The summed E-state index contributed by atoms with van der Waals surface area (Å²) in [6.07, 6.45) is 0. The van der Waals surface area contributed by atoms with Crippen LogP contribution in [0, 0.1) is 0 Å². The molecule has 112 valence electrons. The Morgan fingerprint density at radius 3 is 2.62 bits per heavy atom. The number of methoxy groups -OCH3 is 1. The maximum absolute atomic E-state index is 5.99. The summed E-state index contributed by atoms with van der Waals surface area (Å²) in [5.74, 6) is 1.66. The van der Waals surface area contributed by atoms with Crippen molar-refractivity contribution in [3.63, 3.8) is 0 Å². The van der Waals surface area contributed by atoms with Crippen LogP contribution < -0.4 is 14.8 Å². The summed E-state index contributed by atoms with van der Waals surface area (Å²) in [4.78, 5) is 0. The zero-order chi connectivity index (χ0) is 15.1. The van der Waals surface area contributed by atoms with E-state index in [2.05, 4.69) is 28.2 Å². The Hall–Kier alpha value is -1.52. The number of halogens is 1. The largest absolute Gasteiger partial charge is 0.497 e. The maximum atomic E-state index is 5.99. The Morgan fingerprint density at radius 1 is 1.10 bits per heavy atom. The molecule has 0 saturated carbocycles. The van der Waals surface area contributed by atoms with Crippen LogP contribution in [0.4, 0.5) is 0 Å². The van der Waals surface area contributed by atoms with Crippen molar-refractivity contribution < 1.29 is 9.47 Å². The van der Waals surface area contributed by atoms with Gasteiger partial charge in [0.25, 0.3) is 0 Å². The van der Waals surface area contributed by atoms with Crippen LogP contribution in [0.15, 0.2) is 46.9 Å². The summed E-state index contributed by atoms with van der Waals surface area (Å²) in [7, 11) is 1.66. The third-order valence-corrected chi connectivity index (χ3v) is 3.95. The van der Waals surface area contributed by atoms with E-state index in [0.29, 0.717) is 6.61 Å². The second kappa shape index (κ2) is 8.05. The van der Waals surface area contributed by atoms with E-state index in [9.17, 15) is 0 Å². The molecule has 0 unspecified atom stereocenters. The van der Waals surface area contributed by atoms with Crippen LogP contribution in [0.5, 0.6) is 11.5 Å². The highest BCUT2D eigenvalue weighted by Gasteiger charge is 2.07. The van der Waals surface area contributed by atoms with Crippen LogP contribution in [0.3, 0.4) is 0 Å².